The molecule has 0 amide bonds. The molecule has 1 aromatic rings. The summed E-state index contributed by atoms with van der Waals surface area (Å²) >= 11 is 0. The fourth-order valence-electron chi connectivity index (χ4n) is 1.55. The molecule has 1 aromatic heterocycles. The largest absolute Gasteiger partial charge is 0.669 e. The van der Waals surface area contributed by atoms with Gasteiger partial charge in [-0.1, -0.05) is 6.32 Å². The van der Waals surface area contributed by atoms with Gasteiger partial charge in [-0.25, -0.2) is 4.79 Å². The molecule has 2 rings (SSSR count). The van der Waals surface area contributed by atoms with Gasteiger partial charge in [0, 0.05) is 18.0 Å². The Hall–Kier alpha value is -1.60. The number of hydrogen-bond acceptors (Lipinski definition) is 5. The first-order valence-electron chi connectivity index (χ1n) is 4.49. The maximum Gasteiger partial charge on any atom is 0.430 e. The molecule has 6 nitrogen and oxygen atoms in total. The fraction of sp³-hybridized carbons (Fsp3) is 0.250. The minimum Gasteiger partial charge on any atom is -0.669 e. The second-order valence-electron chi connectivity index (χ2n) is 3.50. The van der Waals surface area contributed by atoms with Gasteiger partial charge in [-0.05, 0) is 6.42 Å². The molecule has 0 unspecified atom stereocenters. The Morgan fingerprint density at radius 2 is 2.20 bits per heavy atom. The third-order valence-electron chi connectivity index (χ3n) is 2.30. The average Bonchev–Trinajstić information content (AvgIpc) is 2.15. The predicted octanol–water partition coefficient (Wildman–Crippen LogP) is -0.362. The van der Waals surface area contributed by atoms with Crippen LogP contribution in [0.2, 0.25) is 6.32 Å². The molecule has 0 aliphatic carbocycles. The van der Waals surface area contributed by atoms with Gasteiger partial charge in [-0.15, -0.1) is 0 Å². The lowest BCUT2D eigenvalue weighted by Crippen LogP contribution is -2.45. The molecule has 0 aromatic carbocycles. The van der Waals surface area contributed by atoms with E-state index in [-0.39, 0.29) is 17.6 Å². The second-order valence-corrected chi connectivity index (χ2v) is 3.50. The van der Waals surface area contributed by atoms with E-state index in [0.717, 1.165) is 6.20 Å². The molecule has 2 heterocycles. The van der Waals surface area contributed by atoms with E-state index in [1.807, 2.05) is 0 Å². The van der Waals surface area contributed by atoms with Crippen molar-refractivity contribution in [1.82, 2.24) is 4.98 Å². The van der Waals surface area contributed by atoms with Crippen LogP contribution in [-0.4, -0.2) is 32.9 Å². The third kappa shape index (κ3) is 1.79. The van der Waals surface area contributed by atoms with Crippen LogP contribution < -0.4 is 4.65 Å². The van der Waals surface area contributed by atoms with Gasteiger partial charge in [0.2, 0.25) is 0 Å². The first kappa shape index (κ1) is 9.94. The molecule has 0 atom stereocenters. The summed E-state index contributed by atoms with van der Waals surface area (Å²) in [5.74, 6) is -1.19. The van der Waals surface area contributed by atoms with Gasteiger partial charge >= 0.3 is 12.7 Å². The Kier molecular flexibility index (Phi) is 2.13. The Balaban J connectivity index is 2.50. The van der Waals surface area contributed by atoms with Gasteiger partial charge in [-0.3, -0.25) is 4.98 Å². The minimum atomic E-state index is -2.93. The number of aryl methyl sites for hydroxylation is 1. The van der Waals surface area contributed by atoms with Crippen LogP contribution in [0.3, 0.4) is 0 Å². The van der Waals surface area contributed by atoms with Crippen molar-refractivity contribution >= 4 is 12.7 Å². The highest BCUT2D eigenvalue weighted by Gasteiger charge is 2.31. The summed E-state index contributed by atoms with van der Waals surface area (Å²) in [5.41, 5.74) is 0.428. The van der Waals surface area contributed by atoms with Crippen molar-refractivity contribution in [3.05, 3.63) is 23.5 Å². The van der Waals surface area contributed by atoms with E-state index in [0.29, 0.717) is 12.0 Å². The number of carboxylic acids is 1. The van der Waals surface area contributed by atoms with Crippen molar-refractivity contribution in [3.8, 4) is 5.75 Å². The molecule has 0 fully saturated rings. The average molecular weight is 210 g/mol. The minimum absolute atomic E-state index is 0.00810. The highest BCUT2D eigenvalue weighted by molar-refractivity contribution is 6.59. The summed E-state index contributed by atoms with van der Waals surface area (Å²) in [6, 6.07) is 0. The zero-order valence-electron chi connectivity index (χ0n) is 7.75. The smallest absolute Gasteiger partial charge is 0.430 e. The predicted molar refractivity (Wildman–Crippen MR) is 50.5 cm³/mol. The van der Waals surface area contributed by atoms with Crippen molar-refractivity contribution in [2.45, 2.75) is 12.7 Å². The Labute approximate surface area is 85.2 Å². The Morgan fingerprint density at radius 1 is 1.47 bits per heavy atom. The number of pyridine rings is 1. The molecule has 80 valence electrons. The second kappa shape index (κ2) is 3.21. The normalized spacial score (nSPS) is 17.7. The molecular weight excluding hydrogens is 201 g/mol. The topological polar surface area (TPSA) is 99.9 Å². The molecule has 0 saturated carbocycles. The summed E-state index contributed by atoms with van der Waals surface area (Å²) < 4.78 is 4.86. The van der Waals surface area contributed by atoms with E-state index in [1.54, 1.807) is 0 Å². The highest BCUT2D eigenvalue weighted by atomic mass is 16.6. The Bertz CT molecular complexity index is 419. The quantitative estimate of drug-likeness (QED) is 0.547. The maximum atomic E-state index is 10.8. The van der Waals surface area contributed by atoms with Gasteiger partial charge < -0.3 is 19.8 Å². The molecule has 7 heteroatoms. The van der Waals surface area contributed by atoms with Crippen LogP contribution in [-0.2, 0) is 6.42 Å². The van der Waals surface area contributed by atoms with E-state index in [4.69, 9.17) is 9.76 Å². The standard InChI is InChI=1S/C8H9BNO5/c11-8(12)6-4-10-3-5-1-2-9(13,14)15-7(5)6/h3-4,13-14H,1-2H2,(H,11,12)/q-1. The lowest BCUT2D eigenvalue weighted by Gasteiger charge is -2.36. The number of aromatic carboxylic acids is 1. The zero-order chi connectivity index (χ0) is 11.1. The van der Waals surface area contributed by atoms with Crippen LogP contribution in [0, 0.1) is 0 Å². The number of carboxylic acid groups (broad SMARTS) is 1. The lowest BCUT2D eigenvalue weighted by molar-refractivity contribution is 0.0693. The monoisotopic (exact) mass is 210 g/mol. The summed E-state index contributed by atoms with van der Waals surface area (Å²) in [5, 5.41) is 27.5. The highest BCUT2D eigenvalue weighted by Crippen LogP contribution is 2.31. The molecule has 0 saturated heterocycles. The van der Waals surface area contributed by atoms with E-state index < -0.39 is 12.7 Å². The zero-order valence-corrected chi connectivity index (χ0v) is 7.75. The molecule has 15 heavy (non-hydrogen) atoms. The number of nitrogens with zero attached hydrogens (tertiary/aromatic N) is 1. The van der Waals surface area contributed by atoms with Crippen LogP contribution in [0.25, 0.3) is 0 Å². The number of hydrogen-bond donors (Lipinski definition) is 3. The first-order chi connectivity index (χ1) is 6.99. The van der Waals surface area contributed by atoms with Crippen LogP contribution in [0.15, 0.2) is 12.4 Å². The van der Waals surface area contributed by atoms with Gasteiger partial charge in [0.05, 0.1) is 5.75 Å². The Morgan fingerprint density at radius 3 is 2.87 bits per heavy atom. The van der Waals surface area contributed by atoms with E-state index >= 15 is 0 Å². The van der Waals surface area contributed by atoms with E-state index in [2.05, 4.69) is 4.98 Å². The van der Waals surface area contributed by atoms with Crippen LogP contribution in [0.4, 0.5) is 0 Å². The molecular formula is C8H9BNO5-. The van der Waals surface area contributed by atoms with Gasteiger partial charge in [-0.2, -0.15) is 0 Å². The summed E-state index contributed by atoms with van der Waals surface area (Å²) in [6.07, 6.45) is 2.99. The molecule has 0 radical (unpaired) electrons. The van der Waals surface area contributed by atoms with Gasteiger partial charge in [0.1, 0.15) is 5.56 Å². The van der Waals surface area contributed by atoms with Crippen LogP contribution in [0.5, 0.6) is 5.75 Å². The first-order valence-corrected chi connectivity index (χ1v) is 4.49. The van der Waals surface area contributed by atoms with Crippen LogP contribution >= 0.6 is 0 Å². The van der Waals surface area contributed by atoms with E-state index in [1.165, 1.54) is 6.20 Å². The molecule has 0 spiro atoms. The third-order valence-corrected chi connectivity index (χ3v) is 2.30. The summed E-state index contributed by atoms with van der Waals surface area (Å²) in [7, 11) is 0. The number of rotatable bonds is 1. The number of carbonyl (C=O) groups is 1. The molecule has 1 aliphatic rings. The van der Waals surface area contributed by atoms with Crippen molar-refractivity contribution in [3.63, 3.8) is 0 Å². The van der Waals surface area contributed by atoms with Gasteiger partial charge in [0.25, 0.3) is 0 Å². The van der Waals surface area contributed by atoms with Crippen molar-refractivity contribution in [1.29, 1.82) is 0 Å². The SMILES string of the molecule is O=C(O)c1cncc2c1O[B-](O)(O)CC2. The summed E-state index contributed by atoms with van der Waals surface area (Å²) in [4.78, 5) is 14.6. The fourth-order valence-corrected chi connectivity index (χ4v) is 1.55. The van der Waals surface area contributed by atoms with Crippen molar-refractivity contribution in [2.75, 3.05) is 0 Å². The summed E-state index contributed by atoms with van der Waals surface area (Å²) in [6.45, 7) is -2.93. The van der Waals surface area contributed by atoms with Crippen molar-refractivity contribution in [2.24, 2.45) is 0 Å². The molecule has 1 aliphatic heterocycles. The number of fused-ring (bicyclic) bond motifs is 1. The maximum absolute atomic E-state index is 10.8. The van der Waals surface area contributed by atoms with Crippen molar-refractivity contribution < 1.29 is 24.6 Å². The number of aromatic nitrogens is 1. The van der Waals surface area contributed by atoms with Gasteiger partial charge in [0.15, 0.2) is 0 Å². The van der Waals surface area contributed by atoms with E-state index in [9.17, 15) is 14.8 Å². The molecule has 0 bridgehead atoms. The van der Waals surface area contributed by atoms with Crippen LogP contribution in [0.1, 0.15) is 15.9 Å². The molecule has 3 N–H and O–H groups in total. The lowest BCUT2D eigenvalue weighted by atomic mass is 9.70.